The minimum atomic E-state index is -0.402. The van der Waals surface area contributed by atoms with Crippen LogP contribution < -0.4 is 5.32 Å². The summed E-state index contributed by atoms with van der Waals surface area (Å²) < 4.78 is 10.9. The minimum Gasteiger partial charge on any atom is -0.451 e. The van der Waals surface area contributed by atoms with E-state index in [1.807, 2.05) is 18.2 Å². The largest absolute Gasteiger partial charge is 0.451 e. The van der Waals surface area contributed by atoms with Gasteiger partial charge in [-0.15, -0.1) is 0 Å². The summed E-state index contributed by atoms with van der Waals surface area (Å²) in [6.07, 6.45) is 2.19. The van der Waals surface area contributed by atoms with Gasteiger partial charge in [-0.1, -0.05) is 28.9 Å². The summed E-state index contributed by atoms with van der Waals surface area (Å²) in [5, 5.41) is 7.33. The molecule has 0 saturated heterocycles. The molecule has 0 aliphatic heterocycles. The van der Waals surface area contributed by atoms with Gasteiger partial charge < -0.3 is 14.3 Å². The Morgan fingerprint density at radius 2 is 2.08 bits per heavy atom. The van der Waals surface area contributed by atoms with Crippen LogP contribution in [-0.2, 0) is 0 Å². The molecule has 1 aliphatic rings. The number of furan rings is 1. The van der Waals surface area contributed by atoms with Crippen LogP contribution in [0.1, 0.15) is 54.0 Å². The van der Waals surface area contributed by atoms with Crippen molar-refractivity contribution in [3.05, 3.63) is 58.9 Å². The summed E-state index contributed by atoms with van der Waals surface area (Å²) in [5.74, 6) is 1.91. The fraction of sp³-hybridized carbons (Fsp3) is 0.278. The lowest BCUT2D eigenvalue weighted by Gasteiger charge is -2.07. The number of carbonyl (C=O) groups excluding carboxylic acids is 1. The van der Waals surface area contributed by atoms with Crippen LogP contribution in [0, 0.1) is 0 Å². The number of amides is 1. The summed E-state index contributed by atoms with van der Waals surface area (Å²) in [6.45, 7) is 1.79. The first-order chi connectivity index (χ1) is 12.1. The zero-order valence-electron chi connectivity index (χ0n) is 13.5. The van der Waals surface area contributed by atoms with E-state index in [-0.39, 0.29) is 11.7 Å². The van der Waals surface area contributed by atoms with E-state index in [0.29, 0.717) is 22.6 Å². The van der Waals surface area contributed by atoms with Crippen molar-refractivity contribution in [2.24, 2.45) is 0 Å². The highest BCUT2D eigenvalue weighted by atomic mass is 35.5. The van der Waals surface area contributed by atoms with Crippen molar-refractivity contribution >= 4 is 17.5 Å². The van der Waals surface area contributed by atoms with Crippen LogP contribution >= 0.6 is 11.6 Å². The zero-order valence-corrected chi connectivity index (χ0v) is 14.3. The molecule has 1 aromatic carbocycles. The maximum absolute atomic E-state index is 12.4. The summed E-state index contributed by atoms with van der Waals surface area (Å²) in [4.78, 5) is 16.7. The standard InChI is InChI=1S/C18H16ClN3O3/c1-10(18-21-16(22-25-18)11-6-7-11)20-17(23)15-9-8-14(24-15)12-4-2-3-5-13(12)19/h2-5,8-11H,6-7H2,1H3,(H,20,23). The summed E-state index contributed by atoms with van der Waals surface area (Å²) >= 11 is 6.16. The lowest BCUT2D eigenvalue weighted by atomic mass is 10.2. The van der Waals surface area contributed by atoms with E-state index in [1.54, 1.807) is 25.1 Å². The summed E-state index contributed by atoms with van der Waals surface area (Å²) in [6, 6.07) is 10.2. The van der Waals surface area contributed by atoms with Gasteiger partial charge in [0.25, 0.3) is 5.91 Å². The molecule has 2 heterocycles. The van der Waals surface area contributed by atoms with Gasteiger partial charge in [-0.2, -0.15) is 4.98 Å². The van der Waals surface area contributed by atoms with Crippen LogP contribution in [0.4, 0.5) is 0 Å². The second-order valence-electron chi connectivity index (χ2n) is 6.10. The van der Waals surface area contributed by atoms with Gasteiger partial charge in [-0.05, 0) is 44.0 Å². The normalized spacial score (nSPS) is 15.1. The van der Waals surface area contributed by atoms with Gasteiger partial charge in [0.2, 0.25) is 5.89 Å². The zero-order chi connectivity index (χ0) is 17.4. The highest BCUT2D eigenvalue weighted by Gasteiger charge is 2.30. The van der Waals surface area contributed by atoms with Gasteiger partial charge in [-0.3, -0.25) is 4.79 Å². The van der Waals surface area contributed by atoms with Gasteiger partial charge in [-0.25, -0.2) is 0 Å². The molecule has 1 aliphatic carbocycles. The quantitative estimate of drug-likeness (QED) is 0.734. The van der Waals surface area contributed by atoms with Crippen LogP contribution in [0.2, 0.25) is 5.02 Å². The molecule has 0 radical (unpaired) electrons. The number of rotatable bonds is 5. The molecule has 6 nitrogen and oxygen atoms in total. The van der Waals surface area contributed by atoms with E-state index < -0.39 is 6.04 Å². The van der Waals surface area contributed by atoms with Crippen molar-refractivity contribution in [3.8, 4) is 11.3 Å². The first-order valence-electron chi connectivity index (χ1n) is 8.11. The number of nitrogens with one attached hydrogen (secondary N) is 1. The number of hydrogen-bond donors (Lipinski definition) is 1. The van der Waals surface area contributed by atoms with Crippen molar-refractivity contribution < 1.29 is 13.7 Å². The number of nitrogens with zero attached hydrogens (tertiary/aromatic N) is 2. The number of hydrogen-bond acceptors (Lipinski definition) is 5. The Labute approximate surface area is 149 Å². The molecular formula is C18H16ClN3O3. The highest BCUT2D eigenvalue weighted by molar-refractivity contribution is 6.33. The van der Waals surface area contributed by atoms with Crippen LogP contribution in [-0.4, -0.2) is 16.0 Å². The monoisotopic (exact) mass is 357 g/mol. The maximum Gasteiger partial charge on any atom is 0.287 e. The second-order valence-corrected chi connectivity index (χ2v) is 6.51. The fourth-order valence-electron chi connectivity index (χ4n) is 2.53. The molecule has 1 atom stereocenters. The predicted molar refractivity (Wildman–Crippen MR) is 91.3 cm³/mol. The van der Waals surface area contributed by atoms with E-state index in [1.165, 1.54) is 0 Å². The Kier molecular flexibility index (Phi) is 4.05. The van der Waals surface area contributed by atoms with Gasteiger partial charge in [0.1, 0.15) is 11.8 Å². The molecule has 1 N–H and O–H groups in total. The van der Waals surface area contributed by atoms with E-state index in [4.69, 9.17) is 20.5 Å². The SMILES string of the molecule is CC(NC(=O)c1ccc(-c2ccccc2Cl)o1)c1nc(C2CC2)no1. The molecule has 1 amide bonds. The first-order valence-corrected chi connectivity index (χ1v) is 8.48. The molecular weight excluding hydrogens is 342 g/mol. The molecule has 2 aromatic heterocycles. The smallest absolute Gasteiger partial charge is 0.287 e. The van der Waals surface area contributed by atoms with Crippen LogP contribution in [0.5, 0.6) is 0 Å². The molecule has 25 heavy (non-hydrogen) atoms. The third-order valence-electron chi connectivity index (χ3n) is 4.09. The Balaban J connectivity index is 1.46. The average molecular weight is 358 g/mol. The Morgan fingerprint density at radius 3 is 2.84 bits per heavy atom. The van der Waals surface area contributed by atoms with E-state index in [9.17, 15) is 4.79 Å². The summed E-state index contributed by atoms with van der Waals surface area (Å²) in [5.41, 5.74) is 0.738. The minimum absolute atomic E-state index is 0.198. The van der Waals surface area contributed by atoms with Crippen molar-refractivity contribution in [2.75, 3.05) is 0 Å². The first kappa shape index (κ1) is 15.9. The average Bonchev–Trinajstić information content (AvgIpc) is 3.13. The van der Waals surface area contributed by atoms with Gasteiger partial charge in [0, 0.05) is 11.5 Å². The number of halogens is 1. The lowest BCUT2D eigenvalue weighted by Crippen LogP contribution is -2.26. The van der Waals surface area contributed by atoms with Gasteiger partial charge in [0.05, 0.1) is 5.02 Å². The molecule has 4 rings (SSSR count). The van der Waals surface area contributed by atoms with Crippen molar-refractivity contribution in [1.29, 1.82) is 0 Å². The van der Waals surface area contributed by atoms with Gasteiger partial charge in [0.15, 0.2) is 11.6 Å². The third-order valence-corrected chi connectivity index (χ3v) is 4.42. The molecule has 1 unspecified atom stereocenters. The third kappa shape index (κ3) is 3.30. The topological polar surface area (TPSA) is 81.2 Å². The molecule has 1 fully saturated rings. The van der Waals surface area contributed by atoms with E-state index in [0.717, 1.165) is 24.2 Å². The lowest BCUT2D eigenvalue weighted by molar-refractivity contribution is 0.0905. The number of carbonyl (C=O) groups is 1. The maximum atomic E-state index is 12.4. The Morgan fingerprint density at radius 1 is 1.28 bits per heavy atom. The predicted octanol–water partition coefficient (Wildman–Crippen LogP) is 4.35. The molecule has 0 bridgehead atoms. The molecule has 3 aromatic rings. The Hall–Kier alpha value is -2.60. The number of aromatic nitrogens is 2. The van der Waals surface area contributed by atoms with Crippen LogP contribution in [0.25, 0.3) is 11.3 Å². The van der Waals surface area contributed by atoms with Crippen LogP contribution in [0.15, 0.2) is 45.3 Å². The van der Waals surface area contributed by atoms with Crippen LogP contribution in [0.3, 0.4) is 0 Å². The van der Waals surface area contributed by atoms with Gasteiger partial charge >= 0.3 is 0 Å². The fourth-order valence-corrected chi connectivity index (χ4v) is 2.75. The van der Waals surface area contributed by atoms with Crippen molar-refractivity contribution in [3.63, 3.8) is 0 Å². The second kappa shape index (κ2) is 6.37. The molecule has 0 spiro atoms. The van der Waals surface area contributed by atoms with E-state index in [2.05, 4.69) is 15.5 Å². The molecule has 1 saturated carbocycles. The van der Waals surface area contributed by atoms with E-state index >= 15 is 0 Å². The van der Waals surface area contributed by atoms with Crippen molar-refractivity contribution in [1.82, 2.24) is 15.5 Å². The number of benzene rings is 1. The molecule has 7 heteroatoms. The summed E-state index contributed by atoms with van der Waals surface area (Å²) in [7, 11) is 0. The Bertz CT molecular complexity index is 914. The molecule has 128 valence electrons. The van der Waals surface area contributed by atoms with Crippen molar-refractivity contribution in [2.45, 2.75) is 31.7 Å². The highest BCUT2D eigenvalue weighted by Crippen LogP contribution is 2.38.